The molecule has 2 aromatic carbocycles. The number of hydrogen-bond acceptors (Lipinski definition) is 6. The minimum Gasteiger partial charge on any atom is -0.444 e. The first kappa shape index (κ1) is 29.8. The summed E-state index contributed by atoms with van der Waals surface area (Å²) in [7, 11) is 0. The molecule has 3 heterocycles. The molecule has 2 aliphatic rings. The third-order valence-corrected chi connectivity index (χ3v) is 8.21. The van der Waals surface area contributed by atoms with Gasteiger partial charge in [0.15, 0.2) is 0 Å². The Labute approximate surface area is 253 Å². The molecule has 2 saturated heterocycles. The van der Waals surface area contributed by atoms with Crippen LogP contribution in [-0.2, 0) is 17.6 Å². The molecular weight excluding hydrogens is 550 g/mol. The van der Waals surface area contributed by atoms with Crippen LogP contribution in [0.25, 0.3) is 0 Å². The van der Waals surface area contributed by atoms with Crippen molar-refractivity contribution in [3.63, 3.8) is 0 Å². The van der Waals surface area contributed by atoms with Crippen LogP contribution in [0.5, 0.6) is 0 Å². The Morgan fingerprint density at radius 1 is 0.952 bits per heavy atom. The first-order chi connectivity index (χ1) is 20.1. The van der Waals surface area contributed by atoms with E-state index in [2.05, 4.69) is 36.1 Å². The molecule has 0 saturated carbocycles. The highest BCUT2D eigenvalue weighted by atomic mass is 35.5. The summed E-state index contributed by atoms with van der Waals surface area (Å²) in [4.78, 5) is 41.9. The van der Waals surface area contributed by atoms with Crippen LogP contribution in [0, 0.1) is 6.92 Å². The number of ether oxygens (including phenoxy) is 1. The fraction of sp³-hybridized carbons (Fsp3) is 0.455. The number of nitrogens with zero attached hydrogens (tertiary/aromatic N) is 5. The van der Waals surface area contributed by atoms with Crippen molar-refractivity contribution >= 4 is 29.5 Å². The second-order valence-corrected chi connectivity index (χ2v) is 12.6. The summed E-state index contributed by atoms with van der Waals surface area (Å²) < 4.78 is 5.52. The van der Waals surface area contributed by atoms with Crippen molar-refractivity contribution in [2.75, 3.05) is 37.6 Å². The molecule has 222 valence electrons. The lowest BCUT2D eigenvalue weighted by atomic mass is 10.0. The number of amides is 2. The number of benzene rings is 2. The van der Waals surface area contributed by atoms with Gasteiger partial charge >= 0.3 is 6.09 Å². The third kappa shape index (κ3) is 7.04. The summed E-state index contributed by atoms with van der Waals surface area (Å²) in [6, 6.07) is 16.5. The number of carbonyl (C=O) groups is 2. The van der Waals surface area contributed by atoms with E-state index in [0.29, 0.717) is 49.1 Å². The van der Waals surface area contributed by atoms with Gasteiger partial charge in [0.25, 0.3) is 5.91 Å². The predicted octanol–water partition coefficient (Wildman–Crippen LogP) is 6.26. The van der Waals surface area contributed by atoms with Gasteiger partial charge in [-0.1, -0.05) is 48.0 Å². The van der Waals surface area contributed by atoms with E-state index in [1.165, 1.54) is 16.7 Å². The van der Waals surface area contributed by atoms with Crippen LogP contribution in [0.2, 0.25) is 5.02 Å². The molecule has 0 radical (unpaired) electrons. The maximum Gasteiger partial charge on any atom is 0.410 e. The lowest BCUT2D eigenvalue weighted by molar-refractivity contribution is 0.0140. The van der Waals surface area contributed by atoms with E-state index < -0.39 is 5.60 Å². The van der Waals surface area contributed by atoms with Crippen LogP contribution in [0.3, 0.4) is 0 Å². The smallest absolute Gasteiger partial charge is 0.410 e. The average molecular weight is 590 g/mol. The highest BCUT2D eigenvalue weighted by Gasteiger charge is 2.32. The lowest BCUT2D eigenvalue weighted by Gasteiger charge is -2.35. The van der Waals surface area contributed by atoms with E-state index in [-0.39, 0.29) is 18.0 Å². The first-order valence-corrected chi connectivity index (χ1v) is 15.2. The maximum absolute atomic E-state index is 13.8. The molecule has 8 nitrogen and oxygen atoms in total. The fourth-order valence-electron chi connectivity index (χ4n) is 5.68. The number of hydrogen-bond donors (Lipinski definition) is 0. The van der Waals surface area contributed by atoms with Gasteiger partial charge in [0.1, 0.15) is 5.60 Å². The minimum absolute atomic E-state index is 0.0964. The van der Waals surface area contributed by atoms with Crippen molar-refractivity contribution in [1.82, 2.24) is 19.8 Å². The number of piperazine rings is 1. The third-order valence-electron chi connectivity index (χ3n) is 7.96. The summed E-state index contributed by atoms with van der Waals surface area (Å²) in [5.74, 6) is 0.555. The molecule has 3 aromatic rings. The van der Waals surface area contributed by atoms with E-state index in [1.807, 2.05) is 45.0 Å². The molecule has 0 N–H and O–H groups in total. The molecular formula is C33H40ClN5O3. The van der Waals surface area contributed by atoms with Crippen molar-refractivity contribution in [3.8, 4) is 0 Å². The van der Waals surface area contributed by atoms with Gasteiger partial charge in [-0.05, 0) is 82.2 Å². The van der Waals surface area contributed by atoms with Crippen LogP contribution >= 0.6 is 11.6 Å². The number of rotatable bonds is 6. The standard InChI is InChI=1S/C33H40ClN5O3/c1-23-8-5-6-9-24(23)13-16-28-27(30(40)37-18-20-38(21-19-37)32(41)42-33(2,3)4)22-35-31(36-28)39-17-7-10-29(39)25-11-14-26(34)15-12-25/h5-6,8-9,11-12,14-15,22,29H,7,10,13,16-21H2,1-4H3. The van der Waals surface area contributed by atoms with E-state index in [9.17, 15) is 9.59 Å². The van der Waals surface area contributed by atoms with Crippen molar-refractivity contribution in [3.05, 3.63) is 87.7 Å². The monoisotopic (exact) mass is 589 g/mol. The summed E-state index contributed by atoms with van der Waals surface area (Å²) >= 11 is 6.15. The molecule has 42 heavy (non-hydrogen) atoms. The normalized spacial score (nSPS) is 17.5. The van der Waals surface area contributed by atoms with Crippen molar-refractivity contribution in [2.45, 2.75) is 65.0 Å². The maximum atomic E-state index is 13.8. The molecule has 0 bridgehead atoms. The number of aromatic nitrogens is 2. The molecule has 5 rings (SSSR count). The molecule has 0 spiro atoms. The Kier molecular flexibility index (Phi) is 9.02. The average Bonchev–Trinajstić information content (AvgIpc) is 3.46. The second kappa shape index (κ2) is 12.7. The van der Waals surface area contributed by atoms with Crippen molar-refractivity contribution in [2.24, 2.45) is 0 Å². The van der Waals surface area contributed by atoms with E-state index in [1.54, 1.807) is 16.0 Å². The zero-order valence-electron chi connectivity index (χ0n) is 25.0. The van der Waals surface area contributed by atoms with Gasteiger partial charge in [-0.3, -0.25) is 4.79 Å². The van der Waals surface area contributed by atoms with Gasteiger partial charge in [0, 0.05) is 43.9 Å². The predicted molar refractivity (Wildman–Crippen MR) is 165 cm³/mol. The highest BCUT2D eigenvalue weighted by molar-refractivity contribution is 6.30. The number of aryl methyl sites for hydroxylation is 3. The van der Waals surface area contributed by atoms with Gasteiger partial charge in [-0.2, -0.15) is 0 Å². The van der Waals surface area contributed by atoms with E-state index >= 15 is 0 Å². The second-order valence-electron chi connectivity index (χ2n) is 12.1. The van der Waals surface area contributed by atoms with E-state index in [0.717, 1.165) is 31.5 Å². The summed E-state index contributed by atoms with van der Waals surface area (Å²) in [5.41, 5.74) is 4.37. The largest absolute Gasteiger partial charge is 0.444 e. The van der Waals surface area contributed by atoms with Crippen LogP contribution in [0.15, 0.2) is 54.7 Å². The van der Waals surface area contributed by atoms with E-state index in [4.69, 9.17) is 26.3 Å². The highest BCUT2D eigenvalue weighted by Crippen LogP contribution is 2.35. The zero-order chi connectivity index (χ0) is 29.9. The van der Waals surface area contributed by atoms with Gasteiger partial charge in [0.05, 0.1) is 17.3 Å². The molecule has 2 aliphatic heterocycles. The fourth-order valence-corrected chi connectivity index (χ4v) is 5.81. The SMILES string of the molecule is Cc1ccccc1CCc1nc(N2CCCC2c2ccc(Cl)cc2)ncc1C(=O)N1CCN(C(=O)OC(C)(C)C)CC1. The Morgan fingerprint density at radius 3 is 2.33 bits per heavy atom. The molecule has 9 heteroatoms. The molecule has 2 amide bonds. The van der Waals surface area contributed by atoms with Gasteiger partial charge in [-0.15, -0.1) is 0 Å². The minimum atomic E-state index is -0.558. The summed E-state index contributed by atoms with van der Waals surface area (Å²) in [6.45, 7) is 10.2. The number of halogens is 1. The van der Waals surface area contributed by atoms with Crippen molar-refractivity contribution < 1.29 is 14.3 Å². The summed E-state index contributed by atoms with van der Waals surface area (Å²) in [6.07, 6.45) is 4.80. The Bertz CT molecular complexity index is 1410. The van der Waals surface area contributed by atoms with Crippen LogP contribution in [-0.4, -0.2) is 70.1 Å². The Balaban J connectivity index is 1.37. The summed E-state index contributed by atoms with van der Waals surface area (Å²) in [5, 5.41) is 0.716. The van der Waals surface area contributed by atoms with Gasteiger partial charge < -0.3 is 19.4 Å². The molecule has 2 fully saturated rings. The van der Waals surface area contributed by atoms with Crippen LogP contribution in [0.1, 0.15) is 72.4 Å². The van der Waals surface area contributed by atoms with Crippen molar-refractivity contribution in [1.29, 1.82) is 0 Å². The number of anilines is 1. The molecule has 1 unspecified atom stereocenters. The molecule has 0 aliphatic carbocycles. The Hall–Kier alpha value is -3.65. The van der Waals surface area contributed by atoms with Crippen LogP contribution < -0.4 is 4.90 Å². The Morgan fingerprint density at radius 2 is 1.64 bits per heavy atom. The van der Waals surface area contributed by atoms with Crippen LogP contribution in [0.4, 0.5) is 10.7 Å². The van der Waals surface area contributed by atoms with Gasteiger partial charge in [0.2, 0.25) is 5.95 Å². The molecule has 1 aromatic heterocycles. The lowest BCUT2D eigenvalue weighted by Crippen LogP contribution is -2.51. The van der Waals surface area contributed by atoms with Gasteiger partial charge in [-0.25, -0.2) is 14.8 Å². The topological polar surface area (TPSA) is 78.9 Å². The zero-order valence-corrected chi connectivity index (χ0v) is 25.7. The molecule has 1 atom stereocenters. The number of carbonyl (C=O) groups excluding carboxylic acids is 2. The first-order valence-electron chi connectivity index (χ1n) is 14.8. The quantitative estimate of drug-likeness (QED) is 0.338.